The molecule has 1 aliphatic carbocycles. The van der Waals surface area contributed by atoms with E-state index < -0.39 is 5.97 Å². The van der Waals surface area contributed by atoms with Crippen LogP contribution in [0.2, 0.25) is 0 Å². The summed E-state index contributed by atoms with van der Waals surface area (Å²) in [7, 11) is 3.73. The molecule has 3 aromatic heterocycles. The summed E-state index contributed by atoms with van der Waals surface area (Å²) in [6.45, 7) is 2.06. The molecule has 0 amide bonds. The molecule has 0 atom stereocenters. The van der Waals surface area contributed by atoms with Gasteiger partial charge in [-0.25, -0.2) is 19.8 Å². The Morgan fingerprint density at radius 2 is 2.18 bits per heavy atom. The van der Waals surface area contributed by atoms with Gasteiger partial charge in [0.15, 0.2) is 11.6 Å². The predicted molar refractivity (Wildman–Crippen MR) is 109 cm³/mol. The highest BCUT2D eigenvalue weighted by atomic mass is 32.1. The summed E-state index contributed by atoms with van der Waals surface area (Å²) in [5, 5.41) is 5.46. The summed E-state index contributed by atoms with van der Waals surface area (Å²) in [5.41, 5.74) is 1.62. The zero-order valence-electron chi connectivity index (χ0n) is 16.2. The third-order valence-electron chi connectivity index (χ3n) is 4.58. The molecule has 0 unspecified atom stereocenters. The first kappa shape index (κ1) is 18.5. The van der Waals surface area contributed by atoms with E-state index in [0.717, 1.165) is 29.5 Å². The van der Waals surface area contributed by atoms with Crippen molar-refractivity contribution in [3.8, 4) is 5.82 Å². The highest BCUT2D eigenvalue weighted by molar-refractivity contribution is 7.18. The van der Waals surface area contributed by atoms with Crippen LogP contribution < -0.4 is 0 Å². The molecule has 0 saturated carbocycles. The highest BCUT2D eigenvalue weighted by Crippen LogP contribution is 2.38. The van der Waals surface area contributed by atoms with Crippen LogP contribution in [-0.2, 0) is 17.6 Å². The minimum atomic E-state index is -0.447. The van der Waals surface area contributed by atoms with Gasteiger partial charge in [-0.15, -0.1) is 11.3 Å². The Labute approximate surface area is 166 Å². The summed E-state index contributed by atoms with van der Waals surface area (Å²) in [6, 6.07) is 0. The molecule has 4 rings (SSSR count). The molecule has 9 heteroatoms. The Bertz CT molecular complexity index is 1050. The molecule has 28 heavy (non-hydrogen) atoms. The van der Waals surface area contributed by atoms with Gasteiger partial charge < -0.3 is 9.64 Å². The van der Waals surface area contributed by atoms with Gasteiger partial charge in [0.25, 0.3) is 0 Å². The van der Waals surface area contributed by atoms with Gasteiger partial charge in [0, 0.05) is 19.0 Å². The number of carbonyl (C=O) groups excluding carboxylic acids is 1. The SMILES string of the molecule is CCOC(=O)c1cnn(-c2ncnc3sc4c(c23)CCCC4)c1/N=C\N(C)C. The van der Waals surface area contributed by atoms with Gasteiger partial charge in [0.2, 0.25) is 0 Å². The van der Waals surface area contributed by atoms with E-state index in [4.69, 9.17) is 4.74 Å². The van der Waals surface area contributed by atoms with E-state index in [9.17, 15) is 4.79 Å². The van der Waals surface area contributed by atoms with E-state index >= 15 is 0 Å². The number of aryl methyl sites for hydroxylation is 2. The first-order valence-corrected chi connectivity index (χ1v) is 10.1. The van der Waals surface area contributed by atoms with Crippen molar-refractivity contribution in [2.24, 2.45) is 4.99 Å². The second-order valence-corrected chi connectivity index (χ2v) is 7.89. The average Bonchev–Trinajstić information content (AvgIpc) is 3.27. The lowest BCUT2D eigenvalue weighted by molar-refractivity contribution is 0.0527. The fourth-order valence-corrected chi connectivity index (χ4v) is 4.60. The van der Waals surface area contributed by atoms with Crippen molar-refractivity contribution < 1.29 is 9.53 Å². The third kappa shape index (κ3) is 3.26. The Balaban J connectivity index is 1.92. The molecule has 146 valence electrons. The minimum Gasteiger partial charge on any atom is -0.462 e. The lowest BCUT2D eigenvalue weighted by atomic mass is 9.97. The molecule has 3 aromatic rings. The lowest BCUT2D eigenvalue weighted by Crippen LogP contribution is -2.10. The van der Waals surface area contributed by atoms with Crippen LogP contribution >= 0.6 is 11.3 Å². The first-order chi connectivity index (χ1) is 13.6. The number of ether oxygens (including phenoxy) is 1. The van der Waals surface area contributed by atoms with Gasteiger partial charge in [-0.2, -0.15) is 9.78 Å². The third-order valence-corrected chi connectivity index (χ3v) is 5.78. The molecule has 0 spiro atoms. The number of aliphatic imine (C=N–C) groups is 1. The maximum Gasteiger partial charge on any atom is 0.343 e. The minimum absolute atomic E-state index is 0.288. The summed E-state index contributed by atoms with van der Waals surface area (Å²) >= 11 is 1.72. The monoisotopic (exact) mass is 398 g/mol. The number of fused-ring (bicyclic) bond motifs is 3. The summed E-state index contributed by atoms with van der Waals surface area (Å²) in [4.78, 5) is 30.0. The number of hydrogen-bond acceptors (Lipinski definition) is 7. The van der Waals surface area contributed by atoms with Gasteiger partial charge in [-0.3, -0.25) is 0 Å². The molecule has 0 radical (unpaired) electrons. The smallest absolute Gasteiger partial charge is 0.343 e. The Morgan fingerprint density at radius 1 is 1.36 bits per heavy atom. The predicted octanol–water partition coefficient (Wildman–Crippen LogP) is 3.15. The molecule has 1 aliphatic rings. The summed E-state index contributed by atoms with van der Waals surface area (Å²) in [5.74, 6) is 0.617. The van der Waals surface area contributed by atoms with Crippen molar-refractivity contribution >= 4 is 39.7 Å². The molecule has 0 fully saturated rings. The van der Waals surface area contributed by atoms with Gasteiger partial charge in [-0.1, -0.05) is 0 Å². The number of esters is 1. The second kappa shape index (κ2) is 7.67. The van der Waals surface area contributed by atoms with Crippen molar-refractivity contribution in [3.05, 3.63) is 28.5 Å². The number of carbonyl (C=O) groups is 1. The summed E-state index contributed by atoms with van der Waals surface area (Å²) in [6.07, 6.45) is 9.13. The van der Waals surface area contributed by atoms with E-state index in [2.05, 4.69) is 20.1 Å². The topological polar surface area (TPSA) is 85.5 Å². The zero-order chi connectivity index (χ0) is 19.7. The zero-order valence-corrected chi connectivity index (χ0v) is 17.0. The standard InChI is InChI=1S/C19H22N6O2S/c1-4-27-19(26)13-9-23-25(16(13)22-11-24(2)3)17-15-12-7-5-6-8-14(12)28-18(15)21-10-20-17/h9-11H,4-8H2,1-3H3/b22-11-. The molecule has 0 N–H and O–H groups in total. The Hall–Kier alpha value is -2.81. The van der Waals surface area contributed by atoms with E-state index in [-0.39, 0.29) is 6.61 Å². The Morgan fingerprint density at radius 3 is 2.96 bits per heavy atom. The molecule has 8 nitrogen and oxygen atoms in total. The van der Waals surface area contributed by atoms with Crippen LogP contribution in [0.15, 0.2) is 17.5 Å². The molecule has 0 aromatic carbocycles. The van der Waals surface area contributed by atoms with Crippen molar-refractivity contribution in [1.29, 1.82) is 0 Å². The fourth-order valence-electron chi connectivity index (χ4n) is 3.38. The van der Waals surface area contributed by atoms with Gasteiger partial charge in [-0.05, 0) is 38.2 Å². The van der Waals surface area contributed by atoms with E-state index in [1.54, 1.807) is 40.5 Å². The molecule has 3 heterocycles. The lowest BCUT2D eigenvalue weighted by Gasteiger charge is -2.12. The fraction of sp³-hybridized carbons (Fsp3) is 0.421. The van der Waals surface area contributed by atoms with E-state index in [1.807, 2.05) is 14.1 Å². The van der Waals surface area contributed by atoms with Crippen LogP contribution in [0.4, 0.5) is 5.82 Å². The molecule has 0 saturated heterocycles. The quantitative estimate of drug-likeness (QED) is 0.373. The molecule has 0 bridgehead atoms. The average molecular weight is 398 g/mol. The van der Waals surface area contributed by atoms with Crippen LogP contribution in [0.1, 0.15) is 40.6 Å². The number of rotatable bonds is 5. The highest BCUT2D eigenvalue weighted by Gasteiger charge is 2.25. The van der Waals surface area contributed by atoms with Crippen molar-refractivity contribution in [3.63, 3.8) is 0 Å². The van der Waals surface area contributed by atoms with Crippen LogP contribution in [0, 0.1) is 0 Å². The van der Waals surface area contributed by atoms with Gasteiger partial charge in [0.1, 0.15) is 16.7 Å². The first-order valence-electron chi connectivity index (χ1n) is 9.31. The maximum absolute atomic E-state index is 12.4. The Kier molecular flexibility index (Phi) is 5.08. The van der Waals surface area contributed by atoms with E-state index in [0.29, 0.717) is 17.2 Å². The van der Waals surface area contributed by atoms with Crippen LogP contribution in [0.25, 0.3) is 16.0 Å². The van der Waals surface area contributed by atoms with Crippen molar-refractivity contribution in [2.75, 3.05) is 20.7 Å². The maximum atomic E-state index is 12.4. The van der Waals surface area contributed by atoms with Crippen LogP contribution in [0.5, 0.6) is 0 Å². The number of hydrogen-bond donors (Lipinski definition) is 0. The number of thiophene rings is 1. The molecular formula is C19H22N6O2S. The molecule has 0 aliphatic heterocycles. The number of aromatic nitrogens is 4. The van der Waals surface area contributed by atoms with Crippen LogP contribution in [0.3, 0.4) is 0 Å². The van der Waals surface area contributed by atoms with Crippen molar-refractivity contribution in [2.45, 2.75) is 32.6 Å². The normalized spacial score (nSPS) is 13.8. The van der Waals surface area contributed by atoms with Gasteiger partial charge in [0.05, 0.1) is 24.5 Å². The van der Waals surface area contributed by atoms with Gasteiger partial charge >= 0.3 is 5.97 Å². The second-order valence-electron chi connectivity index (χ2n) is 6.81. The largest absolute Gasteiger partial charge is 0.462 e. The molecular weight excluding hydrogens is 376 g/mol. The summed E-state index contributed by atoms with van der Waals surface area (Å²) < 4.78 is 6.80. The van der Waals surface area contributed by atoms with Crippen molar-refractivity contribution in [1.82, 2.24) is 24.6 Å². The van der Waals surface area contributed by atoms with E-state index in [1.165, 1.54) is 23.1 Å². The van der Waals surface area contributed by atoms with Crippen LogP contribution in [-0.4, -0.2) is 57.7 Å². The number of nitrogens with zero attached hydrogens (tertiary/aromatic N) is 6.